The average molecular weight is 399 g/mol. The fourth-order valence-corrected chi connectivity index (χ4v) is 3.38. The minimum Gasteiger partial charge on any atom is -0.344 e. The predicted octanol–water partition coefficient (Wildman–Crippen LogP) is 4.33. The molecule has 2 aromatic carbocycles. The smallest absolute Gasteiger partial charge is 0.246 e. The third kappa shape index (κ3) is 7.39. The number of amides is 2. The molecule has 2 aromatic rings. The summed E-state index contributed by atoms with van der Waals surface area (Å²) in [6, 6.07) is 18.8. The first kappa shape index (κ1) is 22.0. The minimum atomic E-state index is -0.563. The topological polar surface area (TPSA) is 58.2 Å². The molecule has 0 fully saturated rings. The Morgan fingerprint density at radius 3 is 2.11 bits per heavy atom. The van der Waals surface area contributed by atoms with Gasteiger partial charge in [-0.05, 0) is 42.9 Å². The van der Waals surface area contributed by atoms with E-state index in [1.54, 1.807) is 0 Å². The van der Waals surface area contributed by atoms with Crippen LogP contribution in [0, 0.1) is 11.8 Å². The van der Waals surface area contributed by atoms with Gasteiger partial charge >= 0.3 is 0 Å². The molecule has 2 atom stereocenters. The van der Waals surface area contributed by atoms with Crippen molar-refractivity contribution < 1.29 is 9.59 Å². The van der Waals surface area contributed by atoms with Gasteiger partial charge in [0, 0.05) is 17.4 Å². The lowest BCUT2D eigenvalue weighted by Gasteiger charge is -2.23. The zero-order valence-corrected chi connectivity index (χ0v) is 17.5. The van der Waals surface area contributed by atoms with E-state index >= 15 is 0 Å². The number of nitrogens with one attached hydrogen (secondary N) is 2. The van der Waals surface area contributed by atoms with E-state index in [-0.39, 0.29) is 23.7 Å². The second-order valence-corrected chi connectivity index (χ2v) is 7.81. The summed E-state index contributed by atoms with van der Waals surface area (Å²) in [4.78, 5) is 25.5. The number of aryl methyl sites for hydroxylation is 1. The molecule has 2 amide bonds. The fraction of sp³-hybridized carbons (Fsp3) is 0.391. The number of rotatable bonds is 10. The SMILES string of the molecule is CC(C)CC(NC(=O)C(CS)CCc1ccccc1)C(=O)Nc1ccccc1. The lowest BCUT2D eigenvalue weighted by molar-refractivity contribution is -0.129. The van der Waals surface area contributed by atoms with Crippen LogP contribution in [-0.4, -0.2) is 23.6 Å². The third-order valence-corrected chi connectivity index (χ3v) is 5.04. The Hall–Kier alpha value is -2.27. The molecule has 2 rings (SSSR count). The number of thiol groups is 1. The molecular weight excluding hydrogens is 368 g/mol. The Morgan fingerprint density at radius 2 is 1.54 bits per heavy atom. The molecule has 5 heteroatoms. The molecule has 150 valence electrons. The van der Waals surface area contributed by atoms with E-state index in [0.29, 0.717) is 18.6 Å². The highest BCUT2D eigenvalue weighted by atomic mass is 32.1. The summed E-state index contributed by atoms with van der Waals surface area (Å²) in [7, 11) is 0. The van der Waals surface area contributed by atoms with Gasteiger partial charge in [0.05, 0.1) is 0 Å². The quantitative estimate of drug-likeness (QED) is 0.522. The summed E-state index contributed by atoms with van der Waals surface area (Å²) in [5.41, 5.74) is 1.92. The zero-order valence-electron chi connectivity index (χ0n) is 16.6. The van der Waals surface area contributed by atoms with Gasteiger partial charge < -0.3 is 10.6 Å². The van der Waals surface area contributed by atoms with Crippen LogP contribution in [0.15, 0.2) is 60.7 Å². The molecule has 0 aliphatic rings. The Morgan fingerprint density at radius 1 is 0.929 bits per heavy atom. The molecule has 0 saturated carbocycles. The molecule has 0 aromatic heterocycles. The van der Waals surface area contributed by atoms with E-state index in [2.05, 4.69) is 35.4 Å². The maximum Gasteiger partial charge on any atom is 0.246 e. The van der Waals surface area contributed by atoms with Crippen molar-refractivity contribution in [1.29, 1.82) is 0 Å². The van der Waals surface area contributed by atoms with Crippen molar-refractivity contribution in [3.63, 3.8) is 0 Å². The van der Waals surface area contributed by atoms with Crippen LogP contribution in [0.2, 0.25) is 0 Å². The first-order valence-corrected chi connectivity index (χ1v) is 10.4. The molecule has 0 spiro atoms. The van der Waals surface area contributed by atoms with Crippen LogP contribution in [0.1, 0.15) is 32.3 Å². The lowest BCUT2D eigenvalue weighted by Crippen LogP contribution is -2.47. The number of hydrogen-bond donors (Lipinski definition) is 3. The van der Waals surface area contributed by atoms with Crippen LogP contribution in [-0.2, 0) is 16.0 Å². The zero-order chi connectivity index (χ0) is 20.4. The second-order valence-electron chi connectivity index (χ2n) is 7.45. The number of hydrogen-bond acceptors (Lipinski definition) is 3. The fourth-order valence-electron chi connectivity index (χ4n) is 3.03. The first-order chi connectivity index (χ1) is 13.5. The van der Waals surface area contributed by atoms with Crippen LogP contribution < -0.4 is 10.6 Å². The maximum absolute atomic E-state index is 12.8. The number of para-hydroxylation sites is 1. The summed E-state index contributed by atoms with van der Waals surface area (Å²) in [5, 5.41) is 5.85. The van der Waals surface area contributed by atoms with Crippen molar-refractivity contribution in [3.05, 3.63) is 66.2 Å². The number of benzene rings is 2. The van der Waals surface area contributed by atoms with Crippen molar-refractivity contribution in [2.45, 2.75) is 39.2 Å². The molecule has 0 heterocycles. The highest BCUT2D eigenvalue weighted by molar-refractivity contribution is 7.80. The summed E-state index contributed by atoms with van der Waals surface area (Å²) in [5.74, 6) is 0.204. The summed E-state index contributed by atoms with van der Waals surface area (Å²) < 4.78 is 0. The number of carbonyl (C=O) groups is 2. The molecule has 2 N–H and O–H groups in total. The molecule has 0 saturated heterocycles. The predicted molar refractivity (Wildman–Crippen MR) is 119 cm³/mol. The molecule has 28 heavy (non-hydrogen) atoms. The lowest BCUT2D eigenvalue weighted by atomic mass is 9.98. The Bertz CT molecular complexity index is 735. The van der Waals surface area contributed by atoms with Crippen LogP contribution >= 0.6 is 12.6 Å². The summed E-state index contributed by atoms with van der Waals surface area (Å²) in [6.07, 6.45) is 2.10. The molecule has 0 aliphatic heterocycles. The van der Waals surface area contributed by atoms with Gasteiger partial charge in [-0.1, -0.05) is 62.4 Å². The van der Waals surface area contributed by atoms with Gasteiger partial charge in [-0.15, -0.1) is 0 Å². The molecule has 0 aliphatic carbocycles. The highest BCUT2D eigenvalue weighted by Gasteiger charge is 2.25. The molecule has 0 bridgehead atoms. The monoisotopic (exact) mass is 398 g/mol. The Kier molecular flexibility index (Phi) is 9.08. The van der Waals surface area contributed by atoms with Crippen molar-refractivity contribution in [3.8, 4) is 0 Å². The third-order valence-electron chi connectivity index (χ3n) is 4.60. The summed E-state index contributed by atoms with van der Waals surface area (Å²) >= 11 is 4.36. The van der Waals surface area contributed by atoms with Crippen molar-refractivity contribution in [1.82, 2.24) is 5.32 Å². The van der Waals surface area contributed by atoms with E-state index in [0.717, 1.165) is 12.1 Å². The Balaban J connectivity index is 1.98. The first-order valence-electron chi connectivity index (χ1n) is 9.80. The van der Waals surface area contributed by atoms with Crippen molar-refractivity contribution in [2.75, 3.05) is 11.1 Å². The van der Waals surface area contributed by atoms with E-state index in [9.17, 15) is 9.59 Å². The van der Waals surface area contributed by atoms with E-state index in [1.807, 2.05) is 62.4 Å². The van der Waals surface area contributed by atoms with Crippen LogP contribution in [0.3, 0.4) is 0 Å². The number of anilines is 1. The van der Waals surface area contributed by atoms with E-state index in [1.165, 1.54) is 5.56 Å². The van der Waals surface area contributed by atoms with Crippen LogP contribution in [0.4, 0.5) is 5.69 Å². The highest BCUT2D eigenvalue weighted by Crippen LogP contribution is 2.15. The molecular formula is C23H30N2O2S. The van der Waals surface area contributed by atoms with Crippen molar-refractivity contribution >= 4 is 30.1 Å². The van der Waals surface area contributed by atoms with Gasteiger partial charge in [-0.25, -0.2) is 0 Å². The summed E-state index contributed by atoms with van der Waals surface area (Å²) in [6.45, 7) is 4.08. The van der Waals surface area contributed by atoms with E-state index < -0.39 is 6.04 Å². The largest absolute Gasteiger partial charge is 0.344 e. The molecule has 0 radical (unpaired) electrons. The van der Waals surface area contributed by atoms with Crippen LogP contribution in [0.25, 0.3) is 0 Å². The van der Waals surface area contributed by atoms with E-state index in [4.69, 9.17) is 0 Å². The van der Waals surface area contributed by atoms with Gasteiger partial charge in [-0.3, -0.25) is 9.59 Å². The van der Waals surface area contributed by atoms with Crippen molar-refractivity contribution in [2.24, 2.45) is 11.8 Å². The molecule has 2 unspecified atom stereocenters. The van der Waals surface area contributed by atoms with Crippen LogP contribution in [0.5, 0.6) is 0 Å². The van der Waals surface area contributed by atoms with Gasteiger partial charge in [0.25, 0.3) is 0 Å². The molecule has 4 nitrogen and oxygen atoms in total. The Labute approximate surface area is 173 Å². The maximum atomic E-state index is 12.8. The van der Waals surface area contributed by atoms with Gasteiger partial charge in [0.2, 0.25) is 11.8 Å². The van der Waals surface area contributed by atoms with Gasteiger partial charge in [-0.2, -0.15) is 12.6 Å². The second kappa shape index (κ2) is 11.5. The standard InChI is InChI=1S/C23H30N2O2S/c1-17(2)15-21(23(27)24-20-11-7-4-8-12-20)25-22(26)19(16-28)14-13-18-9-5-3-6-10-18/h3-12,17,19,21,28H,13-16H2,1-2H3,(H,24,27)(H,25,26). The number of carbonyl (C=O) groups excluding carboxylic acids is 2. The minimum absolute atomic E-state index is 0.111. The van der Waals surface area contributed by atoms with Gasteiger partial charge in [0.15, 0.2) is 0 Å². The van der Waals surface area contributed by atoms with Gasteiger partial charge in [0.1, 0.15) is 6.04 Å². The normalized spacial score (nSPS) is 13.0. The average Bonchev–Trinajstić information content (AvgIpc) is 2.69.